The summed E-state index contributed by atoms with van der Waals surface area (Å²) in [5.41, 5.74) is 7.38. The molecule has 17 heavy (non-hydrogen) atoms. The molecule has 2 rings (SSSR count). The van der Waals surface area contributed by atoms with Crippen molar-refractivity contribution in [1.29, 1.82) is 0 Å². The lowest BCUT2D eigenvalue weighted by Gasteiger charge is -2.17. The van der Waals surface area contributed by atoms with E-state index in [1.165, 1.54) is 11.1 Å². The summed E-state index contributed by atoms with van der Waals surface area (Å²) in [6.07, 6.45) is 1.72. The van der Waals surface area contributed by atoms with Crippen molar-refractivity contribution >= 4 is 0 Å². The van der Waals surface area contributed by atoms with E-state index >= 15 is 0 Å². The fourth-order valence-corrected chi connectivity index (χ4v) is 1.86. The molecule has 1 aromatic carbocycles. The van der Waals surface area contributed by atoms with Crippen molar-refractivity contribution in [2.75, 3.05) is 0 Å². The van der Waals surface area contributed by atoms with Gasteiger partial charge in [-0.3, -0.25) is 10.5 Å². The zero-order chi connectivity index (χ0) is 12.4. The predicted molar refractivity (Wildman–Crippen MR) is 66.1 cm³/mol. The van der Waals surface area contributed by atoms with Crippen LogP contribution in [0.3, 0.4) is 0 Å². The number of rotatable bonds is 3. The normalized spacial score (nSPS) is 12.7. The summed E-state index contributed by atoms with van der Waals surface area (Å²) in [4.78, 5) is 0. The quantitative estimate of drug-likeness (QED) is 0.610. The highest BCUT2D eigenvalue weighted by Crippen LogP contribution is 2.22. The molecule has 0 aliphatic heterocycles. The fraction of sp³-hybridized carbons (Fsp3) is 0.333. The number of aromatic nitrogens is 3. The van der Waals surface area contributed by atoms with E-state index in [-0.39, 0.29) is 6.04 Å². The van der Waals surface area contributed by atoms with Crippen LogP contribution in [-0.4, -0.2) is 15.0 Å². The average molecular weight is 231 g/mol. The molecule has 0 aliphatic carbocycles. The lowest BCUT2D eigenvalue weighted by atomic mass is 10.00. The van der Waals surface area contributed by atoms with Crippen LogP contribution in [0.4, 0.5) is 0 Å². The minimum absolute atomic E-state index is 0.0886. The van der Waals surface area contributed by atoms with Gasteiger partial charge in [-0.1, -0.05) is 23.4 Å². The molecule has 2 aromatic rings. The van der Waals surface area contributed by atoms with Gasteiger partial charge >= 0.3 is 0 Å². The number of hydrogen-bond acceptors (Lipinski definition) is 4. The van der Waals surface area contributed by atoms with Crippen LogP contribution in [0.2, 0.25) is 0 Å². The maximum atomic E-state index is 5.63. The predicted octanol–water partition coefficient (Wildman–Crippen LogP) is 0.985. The highest BCUT2D eigenvalue weighted by molar-refractivity contribution is 5.34. The first-order valence-electron chi connectivity index (χ1n) is 5.51. The first-order valence-corrected chi connectivity index (χ1v) is 5.51. The monoisotopic (exact) mass is 231 g/mol. The van der Waals surface area contributed by atoms with Gasteiger partial charge < -0.3 is 0 Å². The number of nitrogens with two attached hydrogens (primary N) is 1. The molecule has 90 valence electrons. The largest absolute Gasteiger partial charge is 0.271 e. The lowest BCUT2D eigenvalue weighted by Crippen LogP contribution is -2.30. The van der Waals surface area contributed by atoms with Crippen molar-refractivity contribution in [3.8, 4) is 0 Å². The first kappa shape index (κ1) is 11.8. The van der Waals surface area contributed by atoms with Crippen LogP contribution in [-0.2, 0) is 7.05 Å². The molecule has 1 unspecified atom stereocenters. The van der Waals surface area contributed by atoms with E-state index in [9.17, 15) is 0 Å². The lowest BCUT2D eigenvalue weighted by molar-refractivity contribution is 0.570. The van der Waals surface area contributed by atoms with Crippen LogP contribution in [0.15, 0.2) is 24.4 Å². The summed E-state index contributed by atoms with van der Waals surface area (Å²) < 4.78 is 1.72. The SMILES string of the molecule is Cc1ccc(C(NN)c2cnnn2C)cc1C. The second-order valence-electron chi connectivity index (χ2n) is 4.23. The van der Waals surface area contributed by atoms with Gasteiger partial charge in [-0.05, 0) is 30.5 Å². The van der Waals surface area contributed by atoms with E-state index < -0.39 is 0 Å². The Bertz CT molecular complexity index is 517. The van der Waals surface area contributed by atoms with Crippen LogP contribution in [0.5, 0.6) is 0 Å². The first-order chi connectivity index (χ1) is 8.13. The highest BCUT2D eigenvalue weighted by Gasteiger charge is 2.16. The molecule has 1 atom stereocenters. The number of benzene rings is 1. The topological polar surface area (TPSA) is 68.8 Å². The molecule has 0 saturated carbocycles. The van der Waals surface area contributed by atoms with Crippen molar-refractivity contribution < 1.29 is 0 Å². The molecule has 0 spiro atoms. The summed E-state index contributed by atoms with van der Waals surface area (Å²) in [5, 5.41) is 7.80. The van der Waals surface area contributed by atoms with Crippen molar-refractivity contribution in [1.82, 2.24) is 20.4 Å². The molecule has 0 aliphatic rings. The Balaban J connectivity index is 2.42. The molecule has 0 fully saturated rings. The summed E-state index contributed by atoms with van der Waals surface area (Å²) in [7, 11) is 1.85. The average Bonchev–Trinajstić information content (AvgIpc) is 2.71. The van der Waals surface area contributed by atoms with E-state index in [4.69, 9.17) is 5.84 Å². The van der Waals surface area contributed by atoms with Crippen molar-refractivity contribution in [3.63, 3.8) is 0 Å². The van der Waals surface area contributed by atoms with E-state index in [1.807, 2.05) is 7.05 Å². The number of hydrogen-bond donors (Lipinski definition) is 2. The van der Waals surface area contributed by atoms with Gasteiger partial charge in [-0.25, -0.2) is 5.43 Å². The van der Waals surface area contributed by atoms with Gasteiger partial charge in [-0.2, -0.15) is 0 Å². The zero-order valence-corrected chi connectivity index (χ0v) is 10.3. The second-order valence-corrected chi connectivity index (χ2v) is 4.23. The summed E-state index contributed by atoms with van der Waals surface area (Å²) in [6, 6.07) is 6.21. The van der Waals surface area contributed by atoms with Crippen LogP contribution in [0.1, 0.15) is 28.4 Å². The number of aryl methyl sites for hydroxylation is 3. The van der Waals surface area contributed by atoms with E-state index in [2.05, 4.69) is 47.8 Å². The van der Waals surface area contributed by atoms with Crippen molar-refractivity contribution in [2.45, 2.75) is 19.9 Å². The third-order valence-corrected chi connectivity index (χ3v) is 3.08. The number of nitrogens with one attached hydrogen (secondary N) is 1. The van der Waals surface area contributed by atoms with E-state index in [0.29, 0.717) is 0 Å². The fourth-order valence-electron chi connectivity index (χ4n) is 1.86. The molecule has 0 bridgehead atoms. The van der Waals surface area contributed by atoms with Gasteiger partial charge in [0.1, 0.15) is 0 Å². The van der Waals surface area contributed by atoms with Gasteiger partial charge in [0.2, 0.25) is 0 Å². The summed E-state index contributed by atoms with van der Waals surface area (Å²) >= 11 is 0. The Morgan fingerprint density at radius 3 is 2.59 bits per heavy atom. The molecule has 3 N–H and O–H groups in total. The molecule has 0 amide bonds. The molecule has 1 heterocycles. The van der Waals surface area contributed by atoms with E-state index in [1.54, 1.807) is 10.9 Å². The van der Waals surface area contributed by atoms with Crippen LogP contribution >= 0.6 is 0 Å². The molecular formula is C12H17N5. The van der Waals surface area contributed by atoms with Gasteiger partial charge in [0.15, 0.2) is 0 Å². The Hall–Kier alpha value is -1.72. The minimum atomic E-state index is -0.0886. The third-order valence-electron chi connectivity index (χ3n) is 3.08. The van der Waals surface area contributed by atoms with E-state index in [0.717, 1.165) is 11.3 Å². The van der Waals surface area contributed by atoms with Gasteiger partial charge in [-0.15, -0.1) is 5.10 Å². The molecule has 1 aromatic heterocycles. The molecule has 0 radical (unpaired) electrons. The Morgan fingerprint density at radius 1 is 1.29 bits per heavy atom. The standard InChI is InChI=1S/C12H17N5/c1-8-4-5-10(6-9(8)2)12(15-13)11-7-14-16-17(11)3/h4-7,12,15H,13H2,1-3H3. The molecule has 5 heteroatoms. The zero-order valence-electron chi connectivity index (χ0n) is 10.3. The van der Waals surface area contributed by atoms with Gasteiger partial charge in [0.05, 0.1) is 17.9 Å². The van der Waals surface area contributed by atoms with Crippen LogP contribution in [0.25, 0.3) is 0 Å². The second kappa shape index (κ2) is 4.65. The molecular weight excluding hydrogens is 214 g/mol. The molecule has 5 nitrogen and oxygen atoms in total. The van der Waals surface area contributed by atoms with Crippen molar-refractivity contribution in [3.05, 3.63) is 46.8 Å². The number of hydrazine groups is 1. The number of nitrogens with zero attached hydrogens (tertiary/aromatic N) is 3. The Morgan fingerprint density at radius 2 is 2.06 bits per heavy atom. The molecule has 0 saturated heterocycles. The maximum Gasteiger partial charge on any atom is 0.0894 e. The third kappa shape index (κ3) is 2.20. The van der Waals surface area contributed by atoms with Gasteiger partial charge in [0, 0.05) is 7.05 Å². The maximum absolute atomic E-state index is 5.63. The highest BCUT2D eigenvalue weighted by atomic mass is 15.4. The van der Waals surface area contributed by atoms with Gasteiger partial charge in [0.25, 0.3) is 0 Å². The Labute approximate surface area is 101 Å². The minimum Gasteiger partial charge on any atom is -0.271 e. The summed E-state index contributed by atoms with van der Waals surface area (Å²) in [6.45, 7) is 4.18. The summed E-state index contributed by atoms with van der Waals surface area (Å²) in [5.74, 6) is 5.63. The smallest absolute Gasteiger partial charge is 0.0894 e. The van der Waals surface area contributed by atoms with Crippen molar-refractivity contribution in [2.24, 2.45) is 12.9 Å². The van der Waals surface area contributed by atoms with Crippen LogP contribution in [0, 0.1) is 13.8 Å². The Kier molecular flexibility index (Phi) is 3.21. The van der Waals surface area contributed by atoms with Crippen LogP contribution < -0.4 is 11.3 Å².